The van der Waals surface area contributed by atoms with E-state index in [9.17, 15) is 4.79 Å². The predicted molar refractivity (Wildman–Crippen MR) is 113 cm³/mol. The normalized spacial score (nSPS) is 10.7. The number of hydrogen-bond donors (Lipinski definition) is 1. The number of rotatable bonds is 6. The van der Waals surface area contributed by atoms with E-state index < -0.39 is 0 Å². The second-order valence-corrected chi connectivity index (χ2v) is 6.76. The van der Waals surface area contributed by atoms with Gasteiger partial charge in [-0.15, -0.1) is 5.10 Å². The Labute approximate surface area is 178 Å². The van der Waals surface area contributed by atoms with Gasteiger partial charge in [0.15, 0.2) is 0 Å². The number of carbonyl (C=O) groups is 1. The molecule has 4 aromatic rings. The van der Waals surface area contributed by atoms with Gasteiger partial charge < -0.3 is 14.8 Å². The molecule has 0 radical (unpaired) electrons. The summed E-state index contributed by atoms with van der Waals surface area (Å²) < 4.78 is 14.4. The maximum atomic E-state index is 12.5. The van der Waals surface area contributed by atoms with Gasteiger partial charge in [-0.1, -0.05) is 0 Å². The maximum absolute atomic E-state index is 12.5. The molecule has 0 fully saturated rings. The van der Waals surface area contributed by atoms with Gasteiger partial charge in [0.05, 0.1) is 7.11 Å². The van der Waals surface area contributed by atoms with Crippen molar-refractivity contribution in [3.63, 3.8) is 0 Å². The molecular formula is C21H21N7O3. The highest BCUT2D eigenvalue weighted by atomic mass is 16.5. The summed E-state index contributed by atoms with van der Waals surface area (Å²) in [7, 11) is 3.19. The van der Waals surface area contributed by atoms with Crippen molar-refractivity contribution in [1.29, 1.82) is 0 Å². The number of methoxy groups -OCH3 is 1. The standard InChI is InChI=1S/C21H21N7O3/c1-13-23-18(28-10-9-22-14(28)2)11-19(24-13)31-16-7-5-15(6-8-16)25-20(29)17-12-27(3)26-21(17)30-4/h5-12H,1-4H3,(H,25,29). The van der Waals surface area contributed by atoms with Gasteiger partial charge in [0, 0.05) is 37.4 Å². The highest BCUT2D eigenvalue weighted by Gasteiger charge is 2.16. The summed E-state index contributed by atoms with van der Waals surface area (Å²) in [5, 5.41) is 6.90. The topological polar surface area (TPSA) is 109 Å². The lowest BCUT2D eigenvalue weighted by Crippen LogP contribution is -2.12. The Hall–Kier alpha value is -4.21. The van der Waals surface area contributed by atoms with E-state index in [4.69, 9.17) is 9.47 Å². The summed E-state index contributed by atoms with van der Waals surface area (Å²) in [5.41, 5.74) is 0.959. The third-order valence-corrected chi connectivity index (χ3v) is 4.44. The Kier molecular flexibility index (Phi) is 5.35. The van der Waals surface area contributed by atoms with E-state index in [2.05, 4.69) is 25.4 Å². The molecule has 0 bridgehead atoms. The first-order chi connectivity index (χ1) is 14.9. The Morgan fingerprint density at radius 2 is 1.90 bits per heavy atom. The third-order valence-electron chi connectivity index (χ3n) is 4.44. The summed E-state index contributed by atoms with van der Waals surface area (Å²) >= 11 is 0. The predicted octanol–water partition coefficient (Wildman–Crippen LogP) is 3.07. The molecule has 0 aliphatic carbocycles. The molecule has 0 unspecified atom stereocenters. The minimum atomic E-state index is -0.314. The van der Waals surface area contributed by atoms with E-state index in [1.807, 2.05) is 17.7 Å². The molecule has 10 nitrogen and oxygen atoms in total. The average Bonchev–Trinajstić information content (AvgIpc) is 3.34. The summed E-state index contributed by atoms with van der Waals surface area (Å²) in [5.74, 6) is 3.00. The molecule has 0 atom stereocenters. The number of ether oxygens (including phenoxy) is 2. The molecule has 31 heavy (non-hydrogen) atoms. The molecule has 3 aromatic heterocycles. The first kappa shape index (κ1) is 20.1. The van der Waals surface area contributed by atoms with Gasteiger partial charge >= 0.3 is 0 Å². The van der Waals surface area contributed by atoms with Crippen LogP contribution < -0.4 is 14.8 Å². The van der Waals surface area contributed by atoms with Crippen LogP contribution in [0.4, 0.5) is 5.69 Å². The number of aryl methyl sites for hydroxylation is 3. The number of hydrogen-bond acceptors (Lipinski definition) is 7. The van der Waals surface area contributed by atoms with Crippen LogP contribution in [0.5, 0.6) is 17.5 Å². The zero-order valence-corrected chi connectivity index (χ0v) is 17.5. The minimum Gasteiger partial charge on any atom is -0.479 e. The number of anilines is 1. The zero-order valence-electron chi connectivity index (χ0n) is 17.5. The van der Waals surface area contributed by atoms with E-state index in [1.54, 1.807) is 56.7 Å². The van der Waals surface area contributed by atoms with Gasteiger partial charge in [0.2, 0.25) is 11.8 Å². The van der Waals surface area contributed by atoms with Crippen LogP contribution in [-0.4, -0.2) is 42.3 Å². The van der Waals surface area contributed by atoms with E-state index in [0.717, 1.165) is 5.82 Å². The van der Waals surface area contributed by atoms with Gasteiger partial charge in [-0.3, -0.25) is 14.0 Å². The first-order valence-electron chi connectivity index (χ1n) is 9.46. The minimum absolute atomic E-state index is 0.267. The van der Waals surface area contributed by atoms with E-state index in [1.165, 1.54) is 11.8 Å². The van der Waals surface area contributed by atoms with Crippen LogP contribution in [0.25, 0.3) is 5.82 Å². The van der Waals surface area contributed by atoms with E-state index >= 15 is 0 Å². The van der Waals surface area contributed by atoms with Crippen LogP contribution in [0.1, 0.15) is 22.0 Å². The molecular weight excluding hydrogens is 398 g/mol. The monoisotopic (exact) mass is 419 g/mol. The smallest absolute Gasteiger partial charge is 0.262 e. The molecule has 10 heteroatoms. The van der Waals surface area contributed by atoms with Crippen LogP contribution >= 0.6 is 0 Å². The van der Waals surface area contributed by atoms with Gasteiger partial charge in [-0.25, -0.2) is 9.97 Å². The zero-order chi connectivity index (χ0) is 22.0. The lowest BCUT2D eigenvalue weighted by Gasteiger charge is -2.10. The molecule has 0 spiro atoms. The van der Waals surface area contributed by atoms with Crippen LogP contribution in [0.15, 0.2) is 48.9 Å². The highest BCUT2D eigenvalue weighted by Crippen LogP contribution is 2.24. The fourth-order valence-electron chi connectivity index (χ4n) is 3.02. The van der Waals surface area contributed by atoms with Crippen molar-refractivity contribution < 1.29 is 14.3 Å². The third kappa shape index (κ3) is 4.37. The Bertz CT molecular complexity index is 1230. The Morgan fingerprint density at radius 3 is 2.58 bits per heavy atom. The van der Waals surface area contributed by atoms with Gasteiger partial charge in [0.25, 0.3) is 5.91 Å². The lowest BCUT2D eigenvalue weighted by molar-refractivity contribution is 0.102. The van der Waals surface area contributed by atoms with Crippen molar-refractivity contribution in [2.24, 2.45) is 7.05 Å². The fraction of sp³-hybridized carbons (Fsp3) is 0.190. The van der Waals surface area contributed by atoms with Gasteiger partial charge in [-0.2, -0.15) is 4.98 Å². The summed E-state index contributed by atoms with van der Waals surface area (Å²) in [6.45, 7) is 3.69. The van der Waals surface area contributed by atoms with Crippen molar-refractivity contribution >= 4 is 11.6 Å². The van der Waals surface area contributed by atoms with Crippen molar-refractivity contribution in [2.45, 2.75) is 13.8 Å². The molecule has 0 saturated carbocycles. The highest BCUT2D eigenvalue weighted by molar-refractivity contribution is 6.05. The van der Waals surface area contributed by atoms with Crippen LogP contribution in [0.2, 0.25) is 0 Å². The second kappa shape index (κ2) is 8.27. The van der Waals surface area contributed by atoms with Crippen molar-refractivity contribution in [3.8, 4) is 23.3 Å². The number of benzene rings is 1. The molecule has 3 heterocycles. The van der Waals surface area contributed by atoms with Gasteiger partial charge in [-0.05, 0) is 38.1 Å². The molecule has 158 valence electrons. The molecule has 4 rings (SSSR count). The molecule has 1 N–H and O–H groups in total. The Balaban J connectivity index is 1.48. The average molecular weight is 419 g/mol. The number of aromatic nitrogens is 6. The van der Waals surface area contributed by atoms with Crippen molar-refractivity contribution in [1.82, 2.24) is 29.3 Å². The van der Waals surface area contributed by atoms with Gasteiger partial charge in [0.1, 0.15) is 28.8 Å². The molecule has 0 saturated heterocycles. The van der Waals surface area contributed by atoms with Crippen LogP contribution in [0.3, 0.4) is 0 Å². The lowest BCUT2D eigenvalue weighted by atomic mass is 10.2. The Morgan fingerprint density at radius 1 is 1.13 bits per heavy atom. The quantitative estimate of drug-likeness (QED) is 0.511. The van der Waals surface area contributed by atoms with Crippen molar-refractivity contribution in [2.75, 3.05) is 12.4 Å². The summed E-state index contributed by atoms with van der Waals surface area (Å²) in [6, 6.07) is 8.72. The molecule has 1 amide bonds. The first-order valence-corrected chi connectivity index (χ1v) is 9.46. The number of amides is 1. The number of nitrogens with one attached hydrogen (secondary N) is 1. The van der Waals surface area contributed by atoms with Crippen LogP contribution in [0, 0.1) is 13.8 Å². The number of imidazole rings is 1. The fourth-order valence-corrected chi connectivity index (χ4v) is 3.02. The summed E-state index contributed by atoms with van der Waals surface area (Å²) in [4.78, 5) is 25.5. The van der Waals surface area contributed by atoms with E-state index in [-0.39, 0.29) is 11.8 Å². The van der Waals surface area contributed by atoms with Crippen molar-refractivity contribution in [3.05, 3.63) is 66.1 Å². The van der Waals surface area contributed by atoms with E-state index in [0.29, 0.717) is 34.5 Å². The maximum Gasteiger partial charge on any atom is 0.262 e. The molecule has 1 aromatic carbocycles. The second-order valence-electron chi connectivity index (χ2n) is 6.76. The number of carbonyl (C=O) groups excluding carboxylic acids is 1. The largest absolute Gasteiger partial charge is 0.479 e. The SMILES string of the molecule is COc1nn(C)cc1C(=O)Nc1ccc(Oc2cc(-n3ccnc3C)nc(C)n2)cc1. The molecule has 0 aliphatic heterocycles. The molecule has 0 aliphatic rings. The van der Waals surface area contributed by atoms with Crippen LogP contribution in [-0.2, 0) is 7.05 Å². The number of nitrogens with zero attached hydrogens (tertiary/aromatic N) is 6. The summed E-state index contributed by atoms with van der Waals surface area (Å²) in [6.07, 6.45) is 5.14.